The Labute approximate surface area is 250 Å². The van der Waals surface area contributed by atoms with Gasteiger partial charge < -0.3 is 0 Å². The predicted molar refractivity (Wildman–Crippen MR) is 182 cm³/mol. The van der Waals surface area contributed by atoms with E-state index in [4.69, 9.17) is 0 Å². The van der Waals surface area contributed by atoms with Gasteiger partial charge in [0, 0.05) is 0 Å². The van der Waals surface area contributed by atoms with Crippen LogP contribution in [0.4, 0.5) is 17.1 Å². The van der Waals surface area contributed by atoms with Crippen LogP contribution in [0.5, 0.6) is 0 Å². The van der Waals surface area contributed by atoms with Crippen LogP contribution >= 0.6 is 0 Å². The molecule has 0 bridgehead atoms. The summed E-state index contributed by atoms with van der Waals surface area (Å²) >= 11 is -1.97. The summed E-state index contributed by atoms with van der Waals surface area (Å²) in [5, 5.41) is 0. The first-order chi connectivity index (χ1) is 19.6. The molecule has 0 radical (unpaired) electrons. The zero-order chi connectivity index (χ0) is 28.7. The van der Waals surface area contributed by atoms with Gasteiger partial charge in [-0.3, -0.25) is 0 Å². The summed E-state index contributed by atoms with van der Waals surface area (Å²) in [4.78, 5) is 7.98. The summed E-state index contributed by atoms with van der Waals surface area (Å²) in [6, 6.07) is 28.2. The van der Waals surface area contributed by atoms with Gasteiger partial charge in [0.1, 0.15) is 0 Å². The fourth-order valence-electron chi connectivity index (χ4n) is 5.83. The molecule has 3 nitrogen and oxygen atoms in total. The molecule has 0 aliphatic rings. The second-order valence-electron chi connectivity index (χ2n) is 10.8. The Morgan fingerprint density at radius 2 is 0.600 bits per heavy atom. The second kappa shape index (κ2) is 17.4. The number of benzene rings is 3. The Morgan fingerprint density at radius 1 is 0.375 bits per heavy atom. The average molecular weight is 604 g/mol. The molecule has 0 aliphatic carbocycles. The molecule has 0 atom stereocenters. The zero-order valence-corrected chi connectivity index (χ0v) is 28.1. The molecule has 0 aromatic heterocycles. The minimum atomic E-state index is -1.97. The van der Waals surface area contributed by atoms with Crippen LogP contribution in [0.25, 0.3) is 0 Å². The third kappa shape index (κ3) is 8.09. The molecule has 218 valence electrons. The molecule has 3 aromatic carbocycles. The second-order valence-corrected chi connectivity index (χ2v) is 15.2. The number of rotatable bonds is 18. The maximum absolute atomic E-state index is 2.66. The summed E-state index contributed by atoms with van der Waals surface area (Å²) in [5.74, 6) is 0. The first-order valence-electron chi connectivity index (χ1n) is 16.0. The molecule has 0 heterocycles. The Hall–Kier alpha value is -2.38. The van der Waals surface area contributed by atoms with Crippen molar-refractivity contribution in [2.75, 3.05) is 54.0 Å². The van der Waals surface area contributed by atoms with Crippen molar-refractivity contribution in [2.24, 2.45) is 0 Å². The summed E-state index contributed by atoms with van der Waals surface area (Å²) in [5.41, 5.74) is 4.35. The number of hydrogen-bond donors (Lipinski definition) is 0. The van der Waals surface area contributed by atoms with Crippen molar-refractivity contribution in [3.8, 4) is 0 Å². The molecule has 0 fully saturated rings. The molecule has 0 amide bonds. The van der Waals surface area contributed by atoms with E-state index >= 15 is 0 Å². The Morgan fingerprint density at radius 3 is 0.825 bits per heavy atom. The Balaban J connectivity index is 2.36. The standard InChI is InChI=1S/C36H54AsN3/c1-7-25-38(26-8-2)34-22-16-13-19-31(34)37(32-20-14-17-23-35(32)39(27-9-3)28-10-4)33-21-15-18-24-36(33)40(29-11-5)30-12-6/h13-24H,7-12,25-30H2,1-6H3. The predicted octanol–water partition coefficient (Wildman–Crippen LogP) is 7.08. The van der Waals surface area contributed by atoms with Gasteiger partial charge in [-0.15, -0.1) is 0 Å². The van der Waals surface area contributed by atoms with Gasteiger partial charge in [0.2, 0.25) is 0 Å². The van der Waals surface area contributed by atoms with E-state index in [1.807, 2.05) is 0 Å². The van der Waals surface area contributed by atoms with Crippen molar-refractivity contribution in [3.05, 3.63) is 72.8 Å². The third-order valence-electron chi connectivity index (χ3n) is 7.35. The Bertz CT molecular complexity index is 971. The molecule has 0 spiro atoms. The minimum absolute atomic E-state index is 1.10. The molecule has 3 aromatic rings. The van der Waals surface area contributed by atoms with E-state index in [9.17, 15) is 0 Å². The molecular formula is C36H54AsN3. The summed E-state index contributed by atoms with van der Waals surface area (Å²) in [7, 11) is 0. The van der Waals surface area contributed by atoms with Crippen LogP contribution in [0, 0.1) is 0 Å². The van der Waals surface area contributed by atoms with Crippen molar-refractivity contribution < 1.29 is 0 Å². The summed E-state index contributed by atoms with van der Waals surface area (Å²) in [6.45, 7) is 20.5. The van der Waals surface area contributed by atoms with Crippen LogP contribution in [0.3, 0.4) is 0 Å². The van der Waals surface area contributed by atoms with E-state index in [0.29, 0.717) is 0 Å². The molecule has 0 N–H and O–H groups in total. The number of nitrogens with zero attached hydrogens (tertiary/aromatic N) is 3. The fraction of sp³-hybridized carbons (Fsp3) is 0.500. The Kier molecular flexibility index (Phi) is 14.0. The molecular weight excluding hydrogens is 549 g/mol. The molecule has 4 heteroatoms. The molecule has 0 aliphatic heterocycles. The van der Waals surface area contributed by atoms with E-state index in [0.717, 1.165) is 77.8 Å². The maximum atomic E-state index is 2.66. The molecule has 0 saturated carbocycles. The molecule has 40 heavy (non-hydrogen) atoms. The number of hydrogen-bond acceptors (Lipinski definition) is 3. The van der Waals surface area contributed by atoms with Crippen LogP contribution in [0.1, 0.15) is 80.1 Å². The van der Waals surface area contributed by atoms with Gasteiger partial charge in [0.25, 0.3) is 0 Å². The zero-order valence-electron chi connectivity index (χ0n) is 26.2. The van der Waals surface area contributed by atoms with Gasteiger partial charge in [0.05, 0.1) is 0 Å². The van der Waals surface area contributed by atoms with Gasteiger partial charge in [-0.2, -0.15) is 0 Å². The van der Waals surface area contributed by atoms with Gasteiger partial charge in [-0.05, 0) is 0 Å². The van der Waals surface area contributed by atoms with E-state index in [1.165, 1.54) is 17.1 Å². The normalized spacial score (nSPS) is 11.2. The van der Waals surface area contributed by atoms with E-state index in [-0.39, 0.29) is 0 Å². The van der Waals surface area contributed by atoms with Crippen LogP contribution in [-0.4, -0.2) is 53.9 Å². The van der Waals surface area contributed by atoms with Gasteiger partial charge >= 0.3 is 252 Å². The van der Waals surface area contributed by atoms with Crippen LogP contribution in [0.15, 0.2) is 72.8 Å². The van der Waals surface area contributed by atoms with Crippen molar-refractivity contribution in [2.45, 2.75) is 80.1 Å². The van der Waals surface area contributed by atoms with Crippen molar-refractivity contribution in [1.82, 2.24) is 0 Å². The van der Waals surface area contributed by atoms with E-state index in [2.05, 4.69) is 129 Å². The van der Waals surface area contributed by atoms with E-state index in [1.54, 1.807) is 13.1 Å². The molecule has 0 saturated heterocycles. The van der Waals surface area contributed by atoms with Crippen LogP contribution < -0.4 is 27.8 Å². The topological polar surface area (TPSA) is 9.72 Å². The first-order valence-corrected chi connectivity index (χ1v) is 18.8. The van der Waals surface area contributed by atoms with Gasteiger partial charge in [-0.25, -0.2) is 0 Å². The average Bonchev–Trinajstić information content (AvgIpc) is 2.98. The van der Waals surface area contributed by atoms with Crippen molar-refractivity contribution >= 4 is 44.8 Å². The summed E-state index contributed by atoms with van der Waals surface area (Å²) < 4.78 is 4.70. The third-order valence-corrected chi connectivity index (χ3v) is 12.8. The van der Waals surface area contributed by atoms with E-state index < -0.39 is 14.7 Å². The number of anilines is 3. The van der Waals surface area contributed by atoms with Crippen molar-refractivity contribution in [3.63, 3.8) is 0 Å². The monoisotopic (exact) mass is 603 g/mol. The van der Waals surface area contributed by atoms with Gasteiger partial charge in [0.15, 0.2) is 0 Å². The first kappa shape index (κ1) is 32.1. The fourth-order valence-corrected chi connectivity index (χ4v) is 11.7. The number of para-hydroxylation sites is 3. The summed E-state index contributed by atoms with van der Waals surface area (Å²) in [6.07, 6.45) is 6.98. The van der Waals surface area contributed by atoms with Crippen molar-refractivity contribution in [1.29, 1.82) is 0 Å². The molecule has 3 rings (SSSR count). The SMILES string of the molecule is CCCN(CCC)c1ccccc1[As](c1ccccc1N(CCC)CCC)c1ccccc1N(CCC)CCC. The van der Waals surface area contributed by atoms with Crippen LogP contribution in [-0.2, 0) is 0 Å². The quantitative estimate of drug-likeness (QED) is 0.144. The van der Waals surface area contributed by atoms with Crippen LogP contribution in [0.2, 0.25) is 0 Å². The van der Waals surface area contributed by atoms with Gasteiger partial charge in [-0.1, -0.05) is 0 Å². The molecule has 0 unspecified atom stereocenters.